The van der Waals surface area contributed by atoms with Gasteiger partial charge in [-0.3, -0.25) is 24.0 Å². The summed E-state index contributed by atoms with van der Waals surface area (Å²) in [4.78, 5) is 36.1. The molecule has 0 saturated carbocycles. The molecule has 2 aromatic rings. The van der Waals surface area contributed by atoms with E-state index in [4.69, 9.17) is 5.11 Å². The quantitative estimate of drug-likeness (QED) is 0.765. The Bertz CT molecular complexity index is 1030. The van der Waals surface area contributed by atoms with Crippen molar-refractivity contribution in [3.05, 3.63) is 59.2 Å². The lowest BCUT2D eigenvalue weighted by molar-refractivity contribution is -0.137. The Labute approximate surface area is 149 Å². The lowest BCUT2D eigenvalue weighted by Gasteiger charge is -2.12. The number of hydrogen-bond donors (Lipinski definition) is 2. The van der Waals surface area contributed by atoms with Crippen LogP contribution in [0.2, 0.25) is 0 Å². The van der Waals surface area contributed by atoms with Crippen LogP contribution >= 0.6 is 0 Å². The second-order valence-electron chi connectivity index (χ2n) is 5.74. The summed E-state index contributed by atoms with van der Waals surface area (Å²) >= 11 is 0. The summed E-state index contributed by atoms with van der Waals surface area (Å²) in [7, 11) is -3.98. The van der Waals surface area contributed by atoms with Gasteiger partial charge >= 0.3 is 5.97 Å². The van der Waals surface area contributed by atoms with Gasteiger partial charge in [0.15, 0.2) is 0 Å². The number of carboxylic acid groups (broad SMARTS) is 1. The van der Waals surface area contributed by atoms with Gasteiger partial charge in [0.2, 0.25) is 0 Å². The van der Waals surface area contributed by atoms with E-state index in [9.17, 15) is 22.8 Å². The number of aryl methyl sites for hydroxylation is 1. The van der Waals surface area contributed by atoms with Crippen molar-refractivity contribution in [3.8, 4) is 0 Å². The van der Waals surface area contributed by atoms with Gasteiger partial charge in [-0.15, -0.1) is 0 Å². The Morgan fingerprint density at radius 2 is 1.73 bits per heavy atom. The van der Waals surface area contributed by atoms with Crippen molar-refractivity contribution >= 4 is 33.5 Å². The molecule has 134 valence electrons. The molecule has 3 rings (SSSR count). The third-order valence-electron chi connectivity index (χ3n) is 3.87. The molecule has 0 spiro atoms. The number of hydrogen-bond acceptors (Lipinski definition) is 5. The van der Waals surface area contributed by atoms with E-state index in [1.165, 1.54) is 30.3 Å². The zero-order valence-corrected chi connectivity index (χ0v) is 14.4. The number of anilines is 1. The van der Waals surface area contributed by atoms with Gasteiger partial charge in [0, 0.05) is 0 Å². The molecule has 0 fully saturated rings. The third-order valence-corrected chi connectivity index (χ3v) is 5.25. The molecule has 2 amide bonds. The average Bonchev–Trinajstić information content (AvgIpc) is 2.80. The van der Waals surface area contributed by atoms with Crippen molar-refractivity contribution in [1.82, 2.24) is 4.90 Å². The number of imide groups is 1. The molecule has 8 nitrogen and oxygen atoms in total. The van der Waals surface area contributed by atoms with Crippen molar-refractivity contribution in [2.24, 2.45) is 0 Å². The highest BCUT2D eigenvalue weighted by atomic mass is 32.2. The first-order valence-electron chi connectivity index (χ1n) is 7.51. The van der Waals surface area contributed by atoms with Crippen LogP contribution in [-0.4, -0.2) is 42.8 Å². The Morgan fingerprint density at radius 3 is 2.35 bits per heavy atom. The molecule has 0 saturated heterocycles. The van der Waals surface area contributed by atoms with Crippen molar-refractivity contribution in [1.29, 1.82) is 0 Å². The fraction of sp³-hybridized carbons (Fsp3) is 0.118. The minimum atomic E-state index is -3.98. The van der Waals surface area contributed by atoms with Crippen LogP contribution in [0.1, 0.15) is 26.3 Å². The van der Waals surface area contributed by atoms with Crippen molar-refractivity contribution in [2.75, 3.05) is 11.3 Å². The predicted octanol–water partition coefficient (Wildman–Crippen LogP) is 1.48. The van der Waals surface area contributed by atoms with Crippen LogP contribution in [0.15, 0.2) is 47.4 Å². The molecule has 0 atom stereocenters. The van der Waals surface area contributed by atoms with Gasteiger partial charge in [-0.25, -0.2) is 8.42 Å². The van der Waals surface area contributed by atoms with Crippen LogP contribution in [0.5, 0.6) is 0 Å². The number of carbonyl (C=O) groups excluding carboxylic acids is 2. The summed E-state index contributed by atoms with van der Waals surface area (Å²) in [6.07, 6.45) is 0. The number of carboxylic acids is 1. The highest BCUT2D eigenvalue weighted by molar-refractivity contribution is 7.92. The standard InChI is InChI=1S/C17H14N2O6S/c1-10-5-7-11(8-6-10)26(24,25)18-13-4-2-3-12-15(13)17(23)19(16(12)22)9-14(20)21/h2-8,18H,9H2,1H3,(H,20,21). The Morgan fingerprint density at radius 1 is 1.08 bits per heavy atom. The number of nitrogens with one attached hydrogen (secondary N) is 1. The molecule has 1 heterocycles. The fourth-order valence-electron chi connectivity index (χ4n) is 2.62. The molecule has 0 aliphatic carbocycles. The van der Waals surface area contributed by atoms with Gasteiger partial charge in [-0.05, 0) is 31.2 Å². The highest BCUT2D eigenvalue weighted by Crippen LogP contribution is 2.30. The summed E-state index contributed by atoms with van der Waals surface area (Å²) in [6.45, 7) is 1.02. The Kier molecular flexibility index (Phi) is 4.25. The average molecular weight is 374 g/mol. The molecule has 0 unspecified atom stereocenters. The molecule has 2 aromatic carbocycles. The molecular weight excluding hydrogens is 360 g/mol. The van der Waals surface area contributed by atoms with Crippen molar-refractivity contribution in [2.45, 2.75) is 11.8 Å². The minimum absolute atomic E-state index is 0.000123. The second kappa shape index (κ2) is 6.26. The number of benzene rings is 2. The molecule has 1 aliphatic heterocycles. The van der Waals surface area contributed by atoms with Crippen molar-refractivity contribution in [3.63, 3.8) is 0 Å². The lowest BCUT2D eigenvalue weighted by Crippen LogP contribution is -2.34. The van der Waals surface area contributed by atoms with E-state index >= 15 is 0 Å². The molecular formula is C17H14N2O6S. The van der Waals surface area contributed by atoms with Gasteiger partial charge in [0.25, 0.3) is 21.8 Å². The minimum Gasteiger partial charge on any atom is -0.480 e. The highest BCUT2D eigenvalue weighted by Gasteiger charge is 2.39. The first-order chi connectivity index (χ1) is 12.2. The zero-order chi connectivity index (χ0) is 19.1. The van der Waals surface area contributed by atoms with E-state index in [1.807, 2.05) is 6.92 Å². The summed E-state index contributed by atoms with van der Waals surface area (Å²) < 4.78 is 27.4. The maximum atomic E-state index is 12.5. The van der Waals surface area contributed by atoms with E-state index in [2.05, 4.69) is 4.72 Å². The van der Waals surface area contributed by atoms with Crippen molar-refractivity contribution < 1.29 is 27.9 Å². The van der Waals surface area contributed by atoms with E-state index in [0.29, 0.717) is 4.90 Å². The zero-order valence-electron chi connectivity index (χ0n) is 13.6. The molecule has 0 radical (unpaired) electrons. The van der Waals surface area contributed by atoms with Crippen LogP contribution in [0.4, 0.5) is 5.69 Å². The number of sulfonamides is 1. The first kappa shape index (κ1) is 17.6. The van der Waals surface area contributed by atoms with Gasteiger partial charge in [-0.1, -0.05) is 23.8 Å². The molecule has 0 aromatic heterocycles. The predicted molar refractivity (Wildman–Crippen MR) is 91.4 cm³/mol. The van der Waals surface area contributed by atoms with Gasteiger partial charge < -0.3 is 5.11 Å². The summed E-state index contributed by atoms with van der Waals surface area (Å²) in [5.41, 5.74) is 0.610. The van der Waals surface area contributed by atoms with Crippen LogP contribution in [0.3, 0.4) is 0 Å². The summed E-state index contributed by atoms with van der Waals surface area (Å²) in [5, 5.41) is 8.86. The van der Waals surface area contributed by atoms with Crippen LogP contribution in [0, 0.1) is 6.92 Å². The van der Waals surface area contributed by atoms with Crippen LogP contribution in [0.25, 0.3) is 0 Å². The van der Waals surface area contributed by atoms with E-state index in [0.717, 1.165) is 5.56 Å². The molecule has 26 heavy (non-hydrogen) atoms. The maximum absolute atomic E-state index is 12.5. The number of rotatable bonds is 5. The monoisotopic (exact) mass is 374 g/mol. The van der Waals surface area contributed by atoms with Crippen LogP contribution in [-0.2, 0) is 14.8 Å². The van der Waals surface area contributed by atoms with E-state index < -0.39 is 34.4 Å². The number of amides is 2. The topological polar surface area (TPSA) is 121 Å². The van der Waals surface area contributed by atoms with Gasteiger partial charge in [0.05, 0.1) is 21.7 Å². The fourth-order valence-corrected chi connectivity index (χ4v) is 3.69. The molecule has 2 N–H and O–H groups in total. The van der Waals surface area contributed by atoms with Gasteiger partial charge in [-0.2, -0.15) is 0 Å². The number of carbonyl (C=O) groups is 3. The smallest absolute Gasteiger partial charge is 0.323 e. The van der Waals surface area contributed by atoms with E-state index in [1.54, 1.807) is 12.1 Å². The normalized spacial score (nSPS) is 13.7. The van der Waals surface area contributed by atoms with Crippen LogP contribution < -0.4 is 4.72 Å². The largest absolute Gasteiger partial charge is 0.480 e. The number of fused-ring (bicyclic) bond motifs is 1. The van der Waals surface area contributed by atoms with Gasteiger partial charge in [0.1, 0.15) is 6.54 Å². The lowest BCUT2D eigenvalue weighted by atomic mass is 10.1. The SMILES string of the molecule is Cc1ccc(S(=O)(=O)Nc2cccc3c2C(=O)N(CC(=O)O)C3=O)cc1. The third kappa shape index (κ3) is 3.04. The molecule has 1 aliphatic rings. The number of nitrogens with zero attached hydrogens (tertiary/aromatic N) is 1. The molecule has 0 bridgehead atoms. The summed E-state index contributed by atoms with van der Waals surface area (Å²) in [6, 6.07) is 10.2. The number of aliphatic carboxylic acids is 1. The molecule has 9 heteroatoms. The summed E-state index contributed by atoms with van der Waals surface area (Å²) in [5.74, 6) is -2.97. The Balaban J connectivity index is 2.00. The Hall–Kier alpha value is -3.20. The maximum Gasteiger partial charge on any atom is 0.323 e. The van der Waals surface area contributed by atoms with E-state index in [-0.39, 0.29) is 21.7 Å². The first-order valence-corrected chi connectivity index (χ1v) is 8.99. The second-order valence-corrected chi connectivity index (χ2v) is 7.42.